The lowest BCUT2D eigenvalue weighted by atomic mass is 9.78. The van der Waals surface area contributed by atoms with E-state index in [0.717, 1.165) is 53.4 Å². The van der Waals surface area contributed by atoms with E-state index in [-0.39, 0.29) is 29.3 Å². The van der Waals surface area contributed by atoms with E-state index in [4.69, 9.17) is 0 Å². The first kappa shape index (κ1) is 26.0. The molecule has 0 unspecified atom stereocenters. The average Bonchev–Trinajstić information content (AvgIpc) is 3.55. The van der Waals surface area contributed by atoms with Gasteiger partial charge in [-0.3, -0.25) is 14.4 Å². The van der Waals surface area contributed by atoms with Crippen LogP contribution in [-0.2, 0) is 4.79 Å². The van der Waals surface area contributed by atoms with E-state index < -0.39 is 0 Å². The third-order valence-electron chi connectivity index (χ3n) is 8.03. The summed E-state index contributed by atoms with van der Waals surface area (Å²) < 4.78 is 1.03. The van der Waals surface area contributed by atoms with Gasteiger partial charge in [0.1, 0.15) is 0 Å². The van der Waals surface area contributed by atoms with E-state index in [1.165, 1.54) is 17.5 Å². The van der Waals surface area contributed by atoms with Gasteiger partial charge in [-0.2, -0.15) is 0 Å². The zero-order valence-electron chi connectivity index (χ0n) is 22.3. The fourth-order valence-corrected chi connectivity index (χ4v) is 6.64. The highest BCUT2D eigenvalue weighted by Gasteiger charge is 2.40. The number of aromatic nitrogens is 1. The summed E-state index contributed by atoms with van der Waals surface area (Å²) in [5.41, 5.74) is 3.15. The van der Waals surface area contributed by atoms with Crippen LogP contribution in [0.25, 0.3) is 10.1 Å². The number of benzene rings is 2. The Kier molecular flexibility index (Phi) is 6.98. The molecule has 2 aromatic heterocycles. The predicted octanol–water partition coefficient (Wildman–Crippen LogP) is 5.92. The number of rotatable bonds is 6. The number of anilines is 3. The van der Waals surface area contributed by atoms with Crippen molar-refractivity contribution in [2.75, 3.05) is 10.6 Å². The lowest BCUT2D eigenvalue weighted by Gasteiger charge is -2.37. The second kappa shape index (κ2) is 10.7. The third-order valence-corrected chi connectivity index (χ3v) is 9.00. The standard InChI is InChI=1S/C31H31N5O3S/c1-19-6-2-4-8-24(19)34-28-25(35-30(39)23-18-40-26-9-5-3-7-22(23)26)16-20(17-32-28)29(38)33-21-10-13-31(14-11-21)15-12-27(37)36-31/h2-9,16-18,21H,10-15H2,1H3,(H,32,34)(H,33,38)(H,35,39)(H,36,37). The summed E-state index contributed by atoms with van der Waals surface area (Å²) in [5, 5.41) is 15.3. The summed E-state index contributed by atoms with van der Waals surface area (Å²) in [7, 11) is 0. The summed E-state index contributed by atoms with van der Waals surface area (Å²) >= 11 is 1.52. The predicted molar refractivity (Wildman–Crippen MR) is 158 cm³/mol. The van der Waals surface area contributed by atoms with Gasteiger partial charge in [0.25, 0.3) is 11.8 Å². The maximum Gasteiger partial charge on any atom is 0.257 e. The van der Waals surface area contributed by atoms with Crippen LogP contribution in [0.4, 0.5) is 17.2 Å². The monoisotopic (exact) mass is 553 g/mol. The summed E-state index contributed by atoms with van der Waals surface area (Å²) in [6, 6.07) is 17.3. The average molecular weight is 554 g/mol. The molecule has 40 heavy (non-hydrogen) atoms. The first-order valence-electron chi connectivity index (χ1n) is 13.6. The molecule has 1 aliphatic carbocycles. The maximum atomic E-state index is 13.4. The minimum absolute atomic E-state index is 0.0237. The van der Waals surface area contributed by atoms with Crippen LogP contribution in [-0.4, -0.2) is 34.3 Å². The number of carbonyl (C=O) groups excluding carboxylic acids is 3. The van der Waals surface area contributed by atoms with Gasteiger partial charge in [0.05, 0.1) is 16.8 Å². The number of carbonyl (C=O) groups is 3. The van der Waals surface area contributed by atoms with E-state index in [9.17, 15) is 14.4 Å². The Morgan fingerprint density at radius 1 is 1.00 bits per heavy atom. The second-order valence-corrected chi connectivity index (χ2v) is 11.6. The second-order valence-electron chi connectivity index (χ2n) is 10.7. The molecule has 1 saturated carbocycles. The third kappa shape index (κ3) is 5.29. The number of fused-ring (bicyclic) bond motifs is 1. The summed E-state index contributed by atoms with van der Waals surface area (Å²) in [6.07, 6.45) is 6.32. The van der Waals surface area contributed by atoms with Gasteiger partial charge < -0.3 is 21.3 Å². The Bertz CT molecular complexity index is 1610. The van der Waals surface area contributed by atoms with Crippen LogP contribution in [0.15, 0.2) is 66.2 Å². The van der Waals surface area contributed by atoms with Crippen molar-refractivity contribution < 1.29 is 14.4 Å². The van der Waals surface area contributed by atoms with Crippen LogP contribution in [0.2, 0.25) is 0 Å². The lowest BCUT2D eigenvalue weighted by Crippen LogP contribution is -2.49. The molecule has 6 rings (SSSR count). The summed E-state index contributed by atoms with van der Waals surface area (Å²) in [4.78, 5) is 43.0. The van der Waals surface area contributed by atoms with Crippen molar-refractivity contribution in [3.63, 3.8) is 0 Å². The van der Waals surface area contributed by atoms with Gasteiger partial charge in [0, 0.05) is 45.4 Å². The zero-order chi connectivity index (χ0) is 27.7. The van der Waals surface area contributed by atoms with E-state index in [2.05, 4.69) is 26.3 Å². The van der Waals surface area contributed by atoms with E-state index in [0.29, 0.717) is 29.1 Å². The Balaban J connectivity index is 1.23. The fourth-order valence-electron chi connectivity index (χ4n) is 5.70. The summed E-state index contributed by atoms with van der Waals surface area (Å²) in [6.45, 7) is 1.99. The maximum absolute atomic E-state index is 13.4. The van der Waals surface area contributed by atoms with Crippen LogP contribution < -0.4 is 21.3 Å². The fraction of sp³-hybridized carbons (Fsp3) is 0.290. The Hall–Kier alpha value is -4.24. The Morgan fingerprint density at radius 3 is 2.55 bits per heavy atom. The number of pyridine rings is 1. The molecular formula is C31H31N5O3S. The molecule has 0 bridgehead atoms. The quantitative estimate of drug-likeness (QED) is 0.237. The zero-order valence-corrected chi connectivity index (χ0v) is 23.1. The SMILES string of the molecule is Cc1ccccc1Nc1ncc(C(=O)NC2CCC3(CCC(=O)N3)CC2)cc1NC(=O)c1csc2ccccc12. The Morgan fingerprint density at radius 2 is 1.77 bits per heavy atom. The normalized spacial score (nSPS) is 20.3. The number of para-hydroxylation sites is 1. The van der Waals surface area contributed by atoms with Gasteiger partial charge in [-0.1, -0.05) is 36.4 Å². The van der Waals surface area contributed by atoms with Crippen molar-refractivity contribution in [3.8, 4) is 0 Å². The van der Waals surface area contributed by atoms with Crippen molar-refractivity contribution in [1.82, 2.24) is 15.6 Å². The van der Waals surface area contributed by atoms with Crippen LogP contribution in [0.5, 0.6) is 0 Å². The number of nitrogens with one attached hydrogen (secondary N) is 4. The molecule has 0 atom stereocenters. The number of nitrogens with zero attached hydrogens (tertiary/aromatic N) is 1. The molecule has 204 valence electrons. The minimum Gasteiger partial charge on any atom is -0.351 e. The highest BCUT2D eigenvalue weighted by molar-refractivity contribution is 7.17. The van der Waals surface area contributed by atoms with Crippen LogP contribution in [0, 0.1) is 6.92 Å². The minimum atomic E-state index is -0.263. The van der Waals surface area contributed by atoms with Crippen molar-refractivity contribution in [2.24, 2.45) is 0 Å². The van der Waals surface area contributed by atoms with Gasteiger partial charge in [-0.15, -0.1) is 11.3 Å². The van der Waals surface area contributed by atoms with Gasteiger partial charge in [0.15, 0.2) is 5.82 Å². The van der Waals surface area contributed by atoms with E-state index >= 15 is 0 Å². The van der Waals surface area contributed by atoms with Gasteiger partial charge in [-0.05, 0) is 62.8 Å². The van der Waals surface area contributed by atoms with E-state index in [1.54, 1.807) is 6.07 Å². The van der Waals surface area contributed by atoms with Gasteiger partial charge >= 0.3 is 0 Å². The topological polar surface area (TPSA) is 112 Å². The van der Waals surface area contributed by atoms with Crippen molar-refractivity contribution in [2.45, 2.75) is 57.0 Å². The van der Waals surface area contributed by atoms with Crippen molar-refractivity contribution in [3.05, 3.63) is 82.9 Å². The first-order valence-corrected chi connectivity index (χ1v) is 14.5. The molecule has 2 fully saturated rings. The molecule has 3 amide bonds. The highest BCUT2D eigenvalue weighted by Crippen LogP contribution is 2.36. The number of amides is 3. The molecule has 4 N–H and O–H groups in total. The molecule has 3 heterocycles. The number of hydrogen-bond acceptors (Lipinski definition) is 6. The van der Waals surface area contributed by atoms with Crippen molar-refractivity contribution in [1.29, 1.82) is 0 Å². The van der Waals surface area contributed by atoms with Crippen LogP contribution >= 0.6 is 11.3 Å². The molecule has 0 radical (unpaired) electrons. The number of thiophene rings is 1. The van der Waals surface area contributed by atoms with Crippen LogP contribution in [0.1, 0.15) is 64.8 Å². The molecule has 9 heteroatoms. The number of hydrogen-bond donors (Lipinski definition) is 4. The molecule has 1 saturated heterocycles. The first-order chi connectivity index (χ1) is 19.4. The van der Waals surface area contributed by atoms with Gasteiger partial charge in [0.2, 0.25) is 5.91 Å². The van der Waals surface area contributed by atoms with Crippen molar-refractivity contribution >= 4 is 56.3 Å². The lowest BCUT2D eigenvalue weighted by molar-refractivity contribution is -0.120. The van der Waals surface area contributed by atoms with Gasteiger partial charge in [-0.25, -0.2) is 4.98 Å². The summed E-state index contributed by atoms with van der Waals surface area (Å²) in [5.74, 6) is 0.0805. The Labute approximate surface area is 236 Å². The van der Waals surface area contributed by atoms with E-state index in [1.807, 2.05) is 60.8 Å². The molecule has 2 aromatic carbocycles. The number of aryl methyl sites for hydroxylation is 1. The smallest absolute Gasteiger partial charge is 0.257 e. The molecule has 1 spiro atoms. The molecule has 2 aliphatic rings. The highest BCUT2D eigenvalue weighted by atomic mass is 32.1. The largest absolute Gasteiger partial charge is 0.351 e. The molecule has 4 aromatic rings. The molecule has 1 aliphatic heterocycles. The molecular weight excluding hydrogens is 522 g/mol. The molecule has 8 nitrogen and oxygen atoms in total. The van der Waals surface area contributed by atoms with Crippen LogP contribution in [0.3, 0.4) is 0 Å².